The maximum absolute atomic E-state index is 12.0. The Kier molecular flexibility index (Phi) is 7.65. The third kappa shape index (κ3) is 7.84. The van der Waals surface area contributed by atoms with Crippen LogP contribution in [0.1, 0.15) is 56.1 Å². The monoisotopic (exact) mass is 364 g/mol. The first-order valence-electron chi connectivity index (χ1n) is 8.98. The van der Waals surface area contributed by atoms with E-state index in [1.54, 1.807) is 6.08 Å². The smallest absolute Gasteiger partial charge is 0.233 e. The van der Waals surface area contributed by atoms with Crippen molar-refractivity contribution >= 4 is 22.0 Å². The van der Waals surface area contributed by atoms with E-state index in [9.17, 15) is 13.2 Å². The Bertz CT molecular complexity index is 673. The second kappa shape index (κ2) is 9.73. The lowest BCUT2D eigenvalue weighted by molar-refractivity contribution is -0.121. The molecule has 1 aliphatic rings. The predicted octanol–water partition coefficient (Wildman–Crippen LogP) is 3.11. The molecule has 1 fully saturated rings. The van der Waals surface area contributed by atoms with Gasteiger partial charge in [-0.2, -0.15) is 0 Å². The van der Waals surface area contributed by atoms with Gasteiger partial charge in [0.2, 0.25) is 15.9 Å². The summed E-state index contributed by atoms with van der Waals surface area (Å²) in [4.78, 5) is 12.0. The summed E-state index contributed by atoms with van der Waals surface area (Å²) in [7, 11) is -3.54. The number of hydrogen-bond donors (Lipinski definition) is 2. The predicted molar refractivity (Wildman–Crippen MR) is 101 cm³/mol. The summed E-state index contributed by atoms with van der Waals surface area (Å²) in [6, 6.07) is 7.83. The molecule has 1 saturated carbocycles. The molecule has 1 aliphatic carbocycles. The summed E-state index contributed by atoms with van der Waals surface area (Å²) in [5, 5.41) is 4.16. The van der Waals surface area contributed by atoms with Crippen molar-refractivity contribution in [2.75, 3.05) is 6.54 Å². The first-order chi connectivity index (χ1) is 11.9. The maximum atomic E-state index is 12.0. The van der Waals surface area contributed by atoms with Crippen LogP contribution in [0.4, 0.5) is 0 Å². The number of hydrogen-bond acceptors (Lipinski definition) is 3. The van der Waals surface area contributed by atoms with Crippen LogP contribution in [0.15, 0.2) is 29.7 Å². The summed E-state index contributed by atoms with van der Waals surface area (Å²) in [6.45, 7) is 2.09. The minimum atomic E-state index is -3.54. The van der Waals surface area contributed by atoms with Crippen LogP contribution in [0.2, 0.25) is 0 Å². The minimum Gasteiger partial charge on any atom is -0.353 e. The first-order valence-corrected chi connectivity index (χ1v) is 10.5. The summed E-state index contributed by atoms with van der Waals surface area (Å²) >= 11 is 0. The van der Waals surface area contributed by atoms with E-state index in [0.717, 1.165) is 42.2 Å². The highest BCUT2D eigenvalue weighted by Crippen LogP contribution is 2.17. The van der Waals surface area contributed by atoms with Crippen LogP contribution in [-0.2, 0) is 14.8 Å². The first kappa shape index (κ1) is 19.7. The molecular formula is C19H28N2O3S. The molecule has 0 atom stereocenters. The van der Waals surface area contributed by atoms with E-state index in [0.29, 0.717) is 0 Å². The van der Waals surface area contributed by atoms with Gasteiger partial charge in [0.15, 0.2) is 0 Å². The number of benzene rings is 1. The van der Waals surface area contributed by atoms with Gasteiger partial charge in [0.25, 0.3) is 0 Å². The number of aryl methyl sites for hydroxylation is 1. The van der Waals surface area contributed by atoms with Crippen LogP contribution in [0, 0.1) is 6.92 Å². The fraction of sp³-hybridized carbons (Fsp3) is 0.526. The standard InChI is InChI=1S/C19H28N2O3S/c1-16-8-10-17(11-9-16)13-15-25(23,24)20-14-12-19(22)21-18-6-4-2-3-5-7-18/h8-11,13,15,18,20H,2-7,12,14H2,1H3,(H,21,22)/b15-13+. The third-order valence-electron chi connectivity index (χ3n) is 4.39. The van der Waals surface area contributed by atoms with E-state index in [1.165, 1.54) is 12.8 Å². The fourth-order valence-corrected chi connectivity index (χ4v) is 3.74. The lowest BCUT2D eigenvalue weighted by Crippen LogP contribution is -2.36. The van der Waals surface area contributed by atoms with Crippen LogP contribution < -0.4 is 10.0 Å². The van der Waals surface area contributed by atoms with Gasteiger partial charge in [0.1, 0.15) is 0 Å². The highest BCUT2D eigenvalue weighted by Gasteiger charge is 2.15. The van der Waals surface area contributed by atoms with Crippen molar-refractivity contribution in [1.29, 1.82) is 0 Å². The Hall–Kier alpha value is -1.66. The topological polar surface area (TPSA) is 75.3 Å². The van der Waals surface area contributed by atoms with Crippen molar-refractivity contribution in [3.05, 3.63) is 40.8 Å². The van der Waals surface area contributed by atoms with Crippen LogP contribution in [0.5, 0.6) is 0 Å². The molecule has 0 heterocycles. The third-order valence-corrected chi connectivity index (χ3v) is 5.49. The lowest BCUT2D eigenvalue weighted by Gasteiger charge is -2.16. The molecule has 0 spiro atoms. The maximum Gasteiger partial charge on any atom is 0.233 e. The molecule has 0 radical (unpaired) electrons. The molecule has 5 nitrogen and oxygen atoms in total. The number of carbonyl (C=O) groups is 1. The number of carbonyl (C=O) groups excluding carboxylic acids is 1. The van der Waals surface area contributed by atoms with Gasteiger partial charge >= 0.3 is 0 Å². The van der Waals surface area contributed by atoms with Gasteiger partial charge < -0.3 is 5.32 Å². The van der Waals surface area contributed by atoms with Gasteiger partial charge in [-0.15, -0.1) is 0 Å². The second-order valence-electron chi connectivity index (χ2n) is 6.66. The molecule has 2 N–H and O–H groups in total. The van der Waals surface area contributed by atoms with Crippen molar-refractivity contribution in [1.82, 2.24) is 10.0 Å². The van der Waals surface area contributed by atoms with Gasteiger partial charge in [0, 0.05) is 24.4 Å². The average molecular weight is 365 g/mol. The van der Waals surface area contributed by atoms with Crippen LogP contribution in [-0.4, -0.2) is 26.9 Å². The van der Waals surface area contributed by atoms with E-state index in [2.05, 4.69) is 10.0 Å². The van der Waals surface area contributed by atoms with Crippen molar-refractivity contribution in [3.8, 4) is 0 Å². The van der Waals surface area contributed by atoms with Crippen molar-refractivity contribution in [3.63, 3.8) is 0 Å². The van der Waals surface area contributed by atoms with E-state index in [-0.39, 0.29) is 24.9 Å². The molecule has 1 aromatic carbocycles. The Balaban J connectivity index is 1.73. The molecule has 0 saturated heterocycles. The van der Waals surface area contributed by atoms with Crippen molar-refractivity contribution in [2.24, 2.45) is 0 Å². The zero-order valence-corrected chi connectivity index (χ0v) is 15.6. The molecule has 0 unspecified atom stereocenters. The van der Waals surface area contributed by atoms with Crippen LogP contribution in [0.3, 0.4) is 0 Å². The summed E-state index contributed by atoms with van der Waals surface area (Å²) < 4.78 is 26.4. The van der Waals surface area contributed by atoms with Gasteiger partial charge in [-0.25, -0.2) is 13.1 Å². The molecule has 2 rings (SSSR count). The van der Waals surface area contributed by atoms with E-state index < -0.39 is 10.0 Å². The molecule has 1 amide bonds. The van der Waals surface area contributed by atoms with Gasteiger partial charge in [-0.1, -0.05) is 55.5 Å². The summed E-state index contributed by atoms with van der Waals surface area (Å²) in [5.74, 6) is -0.0860. The Morgan fingerprint density at radius 3 is 2.40 bits per heavy atom. The van der Waals surface area contributed by atoms with Crippen LogP contribution >= 0.6 is 0 Å². The molecule has 138 valence electrons. The van der Waals surface area contributed by atoms with Gasteiger partial charge in [0.05, 0.1) is 0 Å². The second-order valence-corrected chi connectivity index (χ2v) is 8.31. The Morgan fingerprint density at radius 1 is 1.12 bits per heavy atom. The molecule has 1 aromatic rings. The zero-order chi connectivity index (χ0) is 18.1. The van der Waals surface area contributed by atoms with Crippen molar-refractivity contribution in [2.45, 2.75) is 57.9 Å². The Morgan fingerprint density at radius 2 is 1.76 bits per heavy atom. The van der Waals surface area contributed by atoms with Crippen molar-refractivity contribution < 1.29 is 13.2 Å². The van der Waals surface area contributed by atoms with E-state index in [4.69, 9.17) is 0 Å². The molecule has 0 aliphatic heterocycles. The minimum absolute atomic E-state index is 0.0860. The number of sulfonamides is 1. The Labute approximate surface area is 151 Å². The van der Waals surface area contributed by atoms with Gasteiger partial charge in [-0.3, -0.25) is 4.79 Å². The summed E-state index contributed by atoms with van der Waals surface area (Å²) in [5.41, 5.74) is 1.94. The fourth-order valence-electron chi connectivity index (χ4n) is 2.92. The molecule has 25 heavy (non-hydrogen) atoms. The van der Waals surface area contributed by atoms with Gasteiger partial charge in [-0.05, 0) is 31.4 Å². The molecule has 0 bridgehead atoms. The quantitative estimate of drug-likeness (QED) is 0.730. The zero-order valence-electron chi connectivity index (χ0n) is 14.8. The lowest BCUT2D eigenvalue weighted by atomic mass is 10.1. The number of amides is 1. The van der Waals surface area contributed by atoms with Crippen LogP contribution in [0.25, 0.3) is 6.08 Å². The normalized spacial score (nSPS) is 16.7. The SMILES string of the molecule is Cc1ccc(/C=C/S(=O)(=O)NCCC(=O)NC2CCCCCC2)cc1. The summed E-state index contributed by atoms with van der Waals surface area (Å²) in [6.07, 6.45) is 8.54. The molecule has 0 aromatic heterocycles. The van der Waals surface area contributed by atoms with E-state index >= 15 is 0 Å². The number of rotatable bonds is 7. The number of nitrogens with one attached hydrogen (secondary N) is 2. The average Bonchev–Trinajstić information content (AvgIpc) is 2.83. The largest absolute Gasteiger partial charge is 0.353 e. The molecule has 6 heteroatoms. The highest BCUT2D eigenvalue weighted by molar-refractivity contribution is 7.92. The highest BCUT2D eigenvalue weighted by atomic mass is 32.2. The molecular weight excluding hydrogens is 336 g/mol. The van der Waals surface area contributed by atoms with E-state index in [1.807, 2.05) is 31.2 Å².